The molecule has 14 heavy (non-hydrogen) atoms. The highest BCUT2D eigenvalue weighted by atomic mass is 32.5. The van der Waals surface area contributed by atoms with Crippen LogP contribution < -0.4 is 0 Å². The van der Waals surface area contributed by atoms with Crippen molar-refractivity contribution >= 4 is 26.6 Å². The predicted octanol–water partition coefficient (Wildman–Crippen LogP) is 3.43. The fourth-order valence-electron chi connectivity index (χ4n) is 0.541. The van der Waals surface area contributed by atoms with Gasteiger partial charge in [-0.25, -0.2) is 0 Å². The Labute approximate surface area is 92.0 Å². The lowest BCUT2D eigenvalue weighted by Gasteiger charge is -2.22. The summed E-state index contributed by atoms with van der Waals surface area (Å²) in [5.74, 6) is 0. The van der Waals surface area contributed by atoms with E-state index in [1.807, 2.05) is 0 Å². The normalized spacial score (nSPS) is 11.9. The van der Waals surface area contributed by atoms with E-state index in [2.05, 4.69) is 32.8 Å². The first-order valence-corrected chi connectivity index (χ1v) is 10.4. The molecule has 0 aromatic heterocycles. The van der Waals surface area contributed by atoms with Crippen molar-refractivity contribution in [2.24, 2.45) is 0 Å². The van der Waals surface area contributed by atoms with Crippen LogP contribution in [0.25, 0.3) is 0 Å². The van der Waals surface area contributed by atoms with Gasteiger partial charge in [-0.3, -0.25) is 4.52 Å². The molecule has 0 aliphatic heterocycles. The lowest BCUT2D eigenvalue weighted by molar-refractivity contribution is 0.261. The molecule has 0 saturated carbocycles. The Kier molecular flexibility index (Phi) is 5.67. The molecular formula is C8H17O3PSSi. The third-order valence-corrected chi connectivity index (χ3v) is 4.41. The second kappa shape index (κ2) is 5.71. The van der Waals surface area contributed by atoms with Gasteiger partial charge in [0, 0.05) is 18.0 Å². The summed E-state index contributed by atoms with van der Waals surface area (Å²) in [7, 11) is -1.31. The summed E-state index contributed by atoms with van der Waals surface area (Å²) in [6, 6.07) is 0. The lowest BCUT2D eigenvalue weighted by atomic mass is 11.2. The maximum Gasteiger partial charge on any atom is 0.433 e. The Morgan fingerprint density at radius 1 is 1.21 bits per heavy atom. The van der Waals surface area contributed by atoms with Crippen molar-refractivity contribution in [3.63, 3.8) is 0 Å². The van der Waals surface area contributed by atoms with Crippen LogP contribution in [0.1, 0.15) is 0 Å². The van der Waals surface area contributed by atoms with Crippen molar-refractivity contribution in [3.8, 4) is 0 Å². The van der Waals surface area contributed by atoms with Gasteiger partial charge in [-0.05, 0) is 0 Å². The number of hydrogen-bond acceptors (Lipinski definition) is 4. The van der Waals surface area contributed by atoms with E-state index in [4.69, 9.17) is 25.4 Å². The lowest BCUT2D eigenvalue weighted by Crippen LogP contribution is -2.27. The Bertz CT molecular complexity index is 235. The van der Waals surface area contributed by atoms with Gasteiger partial charge in [0.15, 0.2) is 0 Å². The maximum absolute atomic E-state index is 5.48. The molecule has 0 amide bonds. The van der Waals surface area contributed by atoms with E-state index in [0.29, 0.717) is 6.23 Å². The Morgan fingerprint density at radius 3 is 1.93 bits per heavy atom. The number of rotatable bonds is 7. The van der Waals surface area contributed by atoms with Crippen LogP contribution >= 0.6 is 6.72 Å². The molecule has 0 aliphatic rings. The van der Waals surface area contributed by atoms with Gasteiger partial charge in [0.05, 0.1) is 20.6 Å². The van der Waals surface area contributed by atoms with E-state index in [1.54, 1.807) is 0 Å². The predicted molar refractivity (Wildman–Crippen MR) is 66.1 cm³/mol. The minimum atomic E-state index is -2.68. The van der Waals surface area contributed by atoms with E-state index in [0.717, 1.165) is 0 Å². The molecular weight excluding hydrogens is 235 g/mol. The van der Waals surface area contributed by atoms with Gasteiger partial charge in [-0.15, -0.1) is 0 Å². The van der Waals surface area contributed by atoms with Crippen LogP contribution in [0, 0.1) is 0 Å². The van der Waals surface area contributed by atoms with Crippen LogP contribution in [-0.2, 0) is 25.4 Å². The molecule has 0 saturated heterocycles. The van der Waals surface area contributed by atoms with Gasteiger partial charge in [0.25, 0.3) is 0 Å². The third-order valence-electron chi connectivity index (χ3n) is 1.06. The first kappa shape index (κ1) is 13.9. The molecule has 6 heteroatoms. The molecule has 0 aromatic carbocycles. The SMILES string of the molecule is C=COP(=S)(OC=C)OC[Si](C)(C)C. The highest BCUT2D eigenvalue weighted by Crippen LogP contribution is 2.50. The molecule has 0 heterocycles. The fourth-order valence-corrected chi connectivity index (χ4v) is 4.10. The second-order valence-electron chi connectivity index (χ2n) is 3.83. The van der Waals surface area contributed by atoms with Gasteiger partial charge in [-0.1, -0.05) is 32.8 Å². The molecule has 0 bridgehead atoms. The van der Waals surface area contributed by atoms with E-state index in [1.165, 1.54) is 12.5 Å². The van der Waals surface area contributed by atoms with Gasteiger partial charge < -0.3 is 9.05 Å². The summed E-state index contributed by atoms with van der Waals surface area (Å²) in [5.41, 5.74) is 0. The summed E-state index contributed by atoms with van der Waals surface area (Å²) < 4.78 is 15.6. The summed E-state index contributed by atoms with van der Waals surface area (Å²) in [5, 5.41) is 0. The Morgan fingerprint density at radius 2 is 1.64 bits per heavy atom. The van der Waals surface area contributed by atoms with Gasteiger partial charge >= 0.3 is 6.72 Å². The summed E-state index contributed by atoms with van der Waals surface area (Å²) in [4.78, 5) is 0. The van der Waals surface area contributed by atoms with Crippen LogP contribution in [0.4, 0.5) is 0 Å². The van der Waals surface area contributed by atoms with Gasteiger partial charge in [0.1, 0.15) is 0 Å². The average Bonchev–Trinajstić information content (AvgIpc) is 2.01. The van der Waals surface area contributed by atoms with Crippen molar-refractivity contribution in [2.45, 2.75) is 19.6 Å². The zero-order valence-electron chi connectivity index (χ0n) is 8.86. The minimum Gasteiger partial charge on any atom is -0.424 e. The Balaban J connectivity index is 4.30. The van der Waals surface area contributed by atoms with Crippen LogP contribution in [0.2, 0.25) is 19.6 Å². The topological polar surface area (TPSA) is 27.7 Å². The molecule has 3 nitrogen and oxygen atoms in total. The van der Waals surface area contributed by atoms with Crippen LogP contribution in [0.15, 0.2) is 25.7 Å². The molecule has 0 N–H and O–H groups in total. The van der Waals surface area contributed by atoms with E-state index in [9.17, 15) is 0 Å². The standard InChI is InChI=1S/C8H17O3PSSi/c1-6-9-12(13,10-7-2)11-8-14(3,4)5/h6-7H,1-2,8H2,3-5H3. The van der Waals surface area contributed by atoms with Gasteiger partial charge in [0.2, 0.25) is 0 Å². The van der Waals surface area contributed by atoms with Crippen molar-refractivity contribution in [1.29, 1.82) is 0 Å². The van der Waals surface area contributed by atoms with Crippen LogP contribution in [0.3, 0.4) is 0 Å². The van der Waals surface area contributed by atoms with E-state index < -0.39 is 14.8 Å². The molecule has 0 rings (SSSR count). The molecule has 0 aromatic rings. The fraction of sp³-hybridized carbons (Fsp3) is 0.500. The summed E-state index contributed by atoms with van der Waals surface area (Å²) in [6.07, 6.45) is 3.09. The first-order valence-electron chi connectivity index (χ1n) is 4.16. The highest BCUT2D eigenvalue weighted by Gasteiger charge is 2.24. The molecule has 82 valence electrons. The minimum absolute atomic E-state index is 0.603. The van der Waals surface area contributed by atoms with Crippen molar-refractivity contribution in [2.75, 3.05) is 6.23 Å². The molecule has 0 radical (unpaired) electrons. The van der Waals surface area contributed by atoms with Gasteiger partial charge in [-0.2, -0.15) is 0 Å². The monoisotopic (exact) mass is 252 g/mol. The zero-order valence-corrected chi connectivity index (χ0v) is 11.6. The first-order chi connectivity index (χ1) is 6.33. The van der Waals surface area contributed by atoms with E-state index >= 15 is 0 Å². The highest BCUT2D eigenvalue weighted by molar-refractivity contribution is 8.07. The number of hydrogen-bond donors (Lipinski definition) is 0. The summed E-state index contributed by atoms with van der Waals surface area (Å²) >= 11 is 5.09. The molecule has 0 atom stereocenters. The quantitative estimate of drug-likeness (QED) is 0.394. The Hall–Kier alpha value is -0.0931. The van der Waals surface area contributed by atoms with Crippen molar-refractivity contribution in [1.82, 2.24) is 0 Å². The molecule has 0 fully saturated rings. The zero-order chi connectivity index (χ0) is 11.2. The van der Waals surface area contributed by atoms with Crippen LogP contribution in [0.5, 0.6) is 0 Å². The van der Waals surface area contributed by atoms with E-state index in [-0.39, 0.29) is 0 Å². The third kappa shape index (κ3) is 6.37. The average molecular weight is 252 g/mol. The summed E-state index contributed by atoms with van der Waals surface area (Å²) in [6.45, 7) is 10.7. The van der Waals surface area contributed by atoms with Crippen molar-refractivity contribution in [3.05, 3.63) is 25.7 Å². The molecule has 0 unspecified atom stereocenters. The smallest absolute Gasteiger partial charge is 0.424 e. The second-order valence-corrected chi connectivity index (χ2v) is 12.2. The van der Waals surface area contributed by atoms with Crippen molar-refractivity contribution < 1.29 is 13.6 Å². The largest absolute Gasteiger partial charge is 0.433 e. The molecule has 0 aliphatic carbocycles. The van der Waals surface area contributed by atoms with Crippen LogP contribution in [-0.4, -0.2) is 14.3 Å². The maximum atomic E-state index is 5.48. The molecule has 0 spiro atoms.